The maximum Gasteiger partial charge on any atom is 0.445 e. The first-order valence-corrected chi connectivity index (χ1v) is 12.5. The maximum absolute atomic E-state index is 13.0. The molecular weight excluding hydrogens is 525 g/mol. The van der Waals surface area contributed by atoms with Crippen LogP contribution in [0.4, 0.5) is 24.0 Å². The number of anilines is 2. The van der Waals surface area contributed by atoms with Crippen molar-refractivity contribution in [3.05, 3.63) is 35.4 Å². The van der Waals surface area contributed by atoms with Crippen LogP contribution in [-0.2, 0) is 12.7 Å². The van der Waals surface area contributed by atoms with Gasteiger partial charge in [0.1, 0.15) is 0 Å². The zero-order valence-electron chi connectivity index (χ0n) is 20.6. The molecule has 202 valence electrons. The van der Waals surface area contributed by atoms with E-state index in [4.69, 9.17) is 5.73 Å². The lowest BCUT2D eigenvalue weighted by Crippen LogP contribution is -2.30. The fraction of sp³-hybridized carbons (Fsp3) is 0.455. The van der Waals surface area contributed by atoms with Gasteiger partial charge in [0.05, 0.1) is 47.7 Å². The predicted molar refractivity (Wildman–Crippen MR) is 133 cm³/mol. The van der Waals surface area contributed by atoms with Gasteiger partial charge in [-0.15, -0.1) is 10.2 Å². The van der Waals surface area contributed by atoms with Gasteiger partial charge in [-0.25, -0.2) is 9.50 Å². The number of carbonyl (C=O) groups is 1. The van der Waals surface area contributed by atoms with E-state index in [0.29, 0.717) is 47.0 Å². The molecule has 0 unspecified atom stereocenters. The Kier molecular flexibility index (Phi) is 6.25. The molecule has 1 fully saturated rings. The van der Waals surface area contributed by atoms with Crippen molar-refractivity contribution in [3.8, 4) is 11.3 Å². The molecule has 0 spiro atoms. The summed E-state index contributed by atoms with van der Waals surface area (Å²) in [5.41, 5.74) is 6.76. The minimum absolute atomic E-state index is 0.0170. The van der Waals surface area contributed by atoms with Gasteiger partial charge in [-0.2, -0.15) is 23.4 Å². The fourth-order valence-electron chi connectivity index (χ4n) is 4.34. The van der Waals surface area contributed by atoms with Crippen LogP contribution in [-0.4, -0.2) is 70.3 Å². The number of hydrogen-bond donors (Lipinski definition) is 3. The predicted octanol–water partition coefficient (Wildman–Crippen LogP) is 2.27. The Morgan fingerprint density at radius 2 is 1.97 bits per heavy atom. The molecule has 0 aliphatic carbocycles. The van der Waals surface area contributed by atoms with Gasteiger partial charge in [-0.3, -0.25) is 9.48 Å². The standard InChI is InChI=1S/C22H25F3N10O2S/c1-11-6-33(20-32-31-19(38-20)22(23,24)25)8-14(11)29-16-13(17(26)36)5-28-35-9-15(30-18(16)35)12-4-27-34(7-12)10-21(2,3)37/h4-5,7,9,11,14,29,37H,6,8,10H2,1-3H3,(H2,26,36)/t11-,14+/m0/s1. The highest BCUT2D eigenvalue weighted by atomic mass is 32.1. The molecular formula is C22H25F3N10O2S. The summed E-state index contributed by atoms with van der Waals surface area (Å²) in [6.45, 7) is 6.36. The van der Waals surface area contributed by atoms with E-state index in [1.54, 1.807) is 42.0 Å². The van der Waals surface area contributed by atoms with Gasteiger partial charge in [-0.1, -0.05) is 18.3 Å². The summed E-state index contributed by atoms with van der Waals surface area (Å²) in [6.07, 6.45) is 1.83. The van der Waals surface area contributed by atoms with E-state index in [1.807, 2.05) is 6.92 Å². The first-order valence-electron chi connectivity index (χ1n) is 11.6. The quantitative estimate of drug-likeness (QED) is 0.315. The van der Waals surface area contributed by atoms with Crippen molar-refractivity contribution in [2.75, 3.05) is 23.3 Å². The Hall–Kier alpha value is -3.79. The van der Waals surface area contributed by atoms with Gasteiger partial charge in [0, 0.05) is 30.9 Å². The molecule has 16 heteroatoms. The number of hydrogen-bond acceptors (Lipinski definition) is 10. The fourth-order valence-corrected chi connectivity index (χ4v) is 5.07. The molecule has 1 amide bonds. The van der Waals surface area contributed by atoms with Crippen molar-refractivity contribution in [3.63, 3.8) is 0 Å². The summed E-state index contributed by atoms with van der Waals surface area (Å²) in [7, 11) is 0. The molecule has 4 aromatic heterocycles. The Morgan fingerprint density at radius 3 is 2.63 bits per heavy atom. The van der Waals surface area contributed by atoms with Crippen molar-refractivity contribution in [2.24, 2.45) is 11.7 Å². The van der Waals surface area contributed by atoms with Crippen LogP contribution in [0.15, 0.2) is 24.8 Å². The largest absolute Gasteiger partial charge is 0.445 e. The van der Waals surface area contributed by atoms with Crippen molar-refractivity contribution >= 4 is 33.7 Å². The monoisotopic (exact) mass is 550 g/mol. The molecule has 0 radical (unpaired) electrons. The number of fused-ring (bicyclic) bond motifs is 1. The number of nitrogens with two attached hydrogens (primary N) is 1. The first kappa shape index (κ1) is 25.8. The van der Waals surface area contributed by atoms with Crippen LogP contribution in [0.5, 0.6) is 0 Å². The lowest BCUT2D eigenvalue weighted by molar-refractivity contribution is -0.138. The third-order valence-electron chi connectivity index (χ3n) is 6.10. The van der Waals surface area contributed by atoms with Crippen LogP contribution in [0.2, 0.25) is 0 Å². The number of amides is 1. The second-order valence-corrected chi connectivity index (χ2v) is 10.9. The molecule has 38 heavy (non-hydrogen) atoms. The molecule has 4 aromatic rings. The second-order valence-electron chi connectivity index (χ2n) is 9.95. The molecule has 5 rings (SSSR count). The molecule has 1 saturated heterocycles. The third-order valence-corrected chi connectivity index (χ3v) is 7.13. The third kappa shape index (κ3) is 5.13. The maximum atomic E-state index is 13.0. The van der Waals surface area contributed by atoms with Crippen LogP contribution in [0.3, 0.4) is 0 Å². The van der Waals surface area contributed by atoms with E-state index >= 15 is 0 Å². The molecule has 0 saturated carbocycles. The lowest BCUT2D eigenvalue weighted by atomic mass is 10.1. The molecule has 5 heterocycles. The van der Waals surface area contributed by atoms with Crippen molar-refractivity contribution < 1.29 is 23.1 Å². The average Bonchev–Trinajstić information content (AvgIpc) is 3.58. The summed E-state index contributed by atoms with van der Waals surface area (Å²) in [4.78, 5) is 18.6. The van der Waals surface area contributed by atoms with E-state index in [9.17, 15) is 23.1 Å². The Labute approximate surface area is 218 Å². The summed E-state index contributed by atoms with van der Waals surface area (Å²) in [6, 6.07) is -0.257. The second kappa shape index (κ2) is 9.20. The Morgan fingerprint density at radius 1 is 1.21 bits per heavy atom. The molecule has 0 aromatic carbocycles. The summed E-state index contributed by atoms with van der Waals surface area (Å²) in [5, 5.41) is 28.1. The van der Waals surface area contributed by atoms with Crippen molar-refractivity contribution in [1.29, 1.82) is 0 Å². The summed E-state index contributed by atoms with van der Waals surface area (Å²) >= 11 is 0.491. The Bertz CT molecular complexity index is 1490. The number of primary amides is 1. The number of aromatic nitrogens is 7. The zero-order chi connectivity index (χ0) is 27.4. The van der Waals surface area contributed by atoms with Crippen molar-refractivity contribution in [2.45, 2.75) is 45.1 Å². The van der Waals surface area contributed by atoms with Crippen LogP contribution < -0.4 is 16.0 Å². The number of nitrogens with one attached hydrogen (secondary N) is 1. The molecule has 1 aliphatic heterocycles. The summed E-state index contributed by atoms with van der Waals surface area (Å²) in [5.74, 6) is -0.719. The van der Waals surface area contributed by atoms with Gasteiger partial charge in [-0.05, 0) is 19.8 Å². The number of rotatable bonds is 7. The first-order chi connectivity index (χ1) is 17.8. The van der Waals surface area contributed by atoms with Gasteiger partial charge in [0.15, 0.2) is 5.65 Å². The minimum Gasteiger partial charge on any atom is -0.389 e. The highest BCUT2D eigenvalue weighted by Crippen LogP contribution is 2.36. The summed E-state index contributed by atoms with van der Waals surface area (Å²) < 4.78 is 42.1. The van der Waals surface area contributed by atoms with Crippen molar-refractivity contribution in [1.82, 2.24) is 34.6 Å². The van der Waals surface area contributed by atoms with Gasteiger partial charge >= 0.3 is 6.18 Å². The molecule has 1 aliphatic rings. The highest BCUT2D eigenvalue weighted by Gasteiger charge is 2.38. The molecule has 4 N–H and O–H groups in total. The van der Waals surface area contributed by atoms with Crippen LogP contribution in [0.25, 0.3) is 16.9 Å². The van der Waals surface area contributed by atoms with Gasteiger partial charge < -0.3 is 21.1 Å². The van der Waals surface area contributed by atoms with E-state index in [1.165, 1.54) is 10.7 Å². The minimum atomic E-state index is -4.55. The van der Waals surface area contributed by atoms with Gasteiger partial charge in [0.2, 0.25) is 10.1 Å². The van der Waals surface area contributed by atoms with E-state index < -0.39 is 22.7 Å². The highest BCUT2D eigenvalue weighted by molar-refractivity contribution is 7.15. The van der Waals surface area contributed by atoms with Crippen LogP contribution in [0, 0.1) is 5.92 Å². The SMILES string of the molecule is C[C@H]1CN(c2nnc(C(F)(F)F)s2)C[C@H]1Nc1c(C(N)=O)cnn2cc(-c3cnn(CC(C)(C)O)c3)nc12. The average molecular weight is 551 g/mol. The Balaban J connectivity index is 1.44. The number of carbonyl (C=O) groups excluding carboxylic acids is 1. The zero-order valence-corrected chi connectivity index (χ0v) is 21.5. The molecule has 0 bridgehead atoms. The van der Waals surface area contributed by atoms with E-state index in [-0.39, 0.29) is 29.2 Å². The topological polar surface area (TPSA) is 152 Å². The number of aliphatic hydroxyl groups is 1. The smallest absolute Gasteiger partial charge is 0.389 e. The molecule has 12 nitrogen and oxygen atoms in total. The number of imidazole rings is 1. The number of nitrogens with zero attached hydrogens (tertiary/aromatic N) is 8. The van der Waals surface area contributed by atoms with E-state index in [2.05, 4.69) is 30.7 Å². The van der Waals surface area contributed by atoms with Gasteiger partial charge in [0.25, 0.3) is 5.91 Å². The molecule has 2 atom stereocenters. The van der Waals surface area contributed by atoms with Crippen LogP contribution >= 0.6 is 11.3 Å². The van der Waals surface area contributed by atoms with E-state index in [0.717, 1.165) is 0 Å². The number of halogens is 3. The number of alkyl halides is 3. The normalized spacial score (nSPS) is 18.4. The van der Waals surface area contributed by atoms with Crippen LogP contribution in [0.1, 0.15) is 36.1 Å². The lowest BCUT2D eigenvalue weighted by Gasteiger charge is -2.19.